The summed E-state index contributed by atoms with van der Waals surface area (Å²) in [5, 5.41) is 3.56. The van der Waals surface area contributed by atoms with Crippen molar-refractivity contribution < 1.29 is 13.2 Å². The lowest BCUT2D eigenvalue weighted by molar-refractivity contribution is -0.141. The van der Waals surface area contributed by atoms with Crippen LogP contribution in [0.2, 0.25) is 0 Å². The molecule has 2 rings (SSSR count). The maximum Gasteiger partial charge on any atom is 0.435 e. The lowest BCUT2D eigenvalue weighted by Crippen LogP contribution is -2.10. The van der Waals surface area contributed by atoms with Crippen molar-refractivity contribution in [2.45, 2.75) is 19.5 Å². The molecule has 2 aromatic rings. The predicted molar refractivity (Wildman–Crippen MR) is 54.7 cm³/mol. The van der Waals surface area contributed by atoms with Gasteiger partial charge in [0.05, 0.1) is 0 Å². The summed E-state index contributed by atoms with van der Waals surface area (Å²) in [5.74, 6) is 0.373. The van der Waals surface area contributed by atoms with Crippen LogP contribution < -0.4 is 0 Å². The average Bonchev–Trinajstić information content (AvgIpc) is 2.81. The zero-order valence-corrected chi connectivity index (χ0v) is 9.36. The van der Waals surface area contributed by atoms with Crippen LogP contribution in [0.5, 0.6) is 0 Å². The van der Waals surface area contributed by atoms with Crippen LogP contribution in [-0.4, -0.2) is 19.3 Å². The third kappa shape index (κ3) is 2.04. The molecule has 0 N–H and O–H groups in total. The second-order valence-corrected chi connectivity index (χ2v) is 3.62. The van der Waals surface area contributed by atoms with Gasteiger partial charge in [0, 0.05) is 25.1 Å². The smallest absolute Gasteiger partial charge is 0.319 e. The van der Waals surface area contributed by atoms with Crippen LogP contribution in [-0.2, 0) is 19.6 Å². The number of rotatable bonds is 2. The summed E-state index contributed by atoms with van der Waals surface area (Å²) in [5.41, 5.74) is -0.413. The molecular weight excluding hydrogens is 233 g/mol. The second kappa shape index (κ2) is 3.90. The Balaban J connectivity index is 2.55. The Hall–Kier alpha value is -1.79. The third-order valence-electron chi connectivity index (χ3n) is 2.42. The fraction of sp³-hybridized carbons (Fsp3) is 0.400. The van der Waals surface area contributed by atoms with E-state index >= 15 is 0 Å². The van der Waals surface area contributed by atoms with Crippen molar-refractivity contribution in [1.29, 1.82) is 0 Å². The van der Waals surface area contributed by atoms with Crippen molar-refractivity contribution in [2.24, 2.45) is 7.05 Å². The van der Waals surface area contributed by atoms with Crippen LogP contribution in [0, 0.1) is 0 Å². The van der Waals surface area contributed by atoms with E-state index < -0.39 is 11.9 Å². The number of halogens is 3. The van der Waals surface area contributed by atoms with E-state index in [0.717, 1.165) is 6.07 Å². The third-order valence-corrected chi connectivity index (χ3v) is 2.42. The molecule has 0 fully saturated rings. The molecule has 0 saturated carbocycles. The average molecular weight is 244 g/mol. The van der Waals surface area contributed by atoms with E-state index in [2.05, 4.69) is 10.1 Å². The van der Waals surface area contributed by atoms with E-state index in [1.807, 2.05) is 0 Å². The first-order valence-corrected chi connectivity index (χ1v) is 5.07. The summed E-state index contributed by atoms with van der Waals surface area (Å²) in [6.07, 6.45) is -0.802. The Labute approximate surface area is 95.7 Å². The van der Waals surface area contributed by atoms with Crippen molar-refractivity contribution in [3.05, 3.63) is 29.8 Å². The van der Waals surface area contributed by atoms with Crippen LogP contribution in [0.15, 0.2) is 18.5 Å². The Morgan fingerprint density at radius 1 is 1.35 bits per heavy atom. The molecule has 2 aromatic heterocycles. The maximum absolute atomic E-state index is 12.6. The minimum atomic E-state index is -4.43. The van der Waals surface area contributed by atoms with Gasteiger partial charge in [0.1, 0.15) is 0 Å². The van der Waals surface area contributed by atoms with Crippen LogP contribution in [0.1, 0.15) is 18.3 Å². The molecule has 0 aliphatic carbocycles. The van der Waals surface area contributed by atoms with Crippen molar-refractivity contribution in [2.75, 3.05) is 0 Å². The molecule has 0 aliphatic rings. The molecule has 17 heavy (non-hydrogen) atoms. The minimum Gasteiger partial charge on any atom is -0.319 e. The molecule has 0 bridgehead atoms. The Bertz CT molecular complexity index is 524. The number of nitrogens with zero attached hydrogens (tertiary/aromatic N) is 4. The molecule has 0 amide bonds. The van der Waals surface area contributed by atoms with Crippen molar-refractivity contribution in [1.82, 2.24) is 19.3 Å². The monoisotopic (exact) mass is 244 g/mol. The van der Waals surface area contributed by atoms with E-state index in [4.69, 9.17) is 0 Å². The SMILES string of the molecule is CCc1cc(C(F)(F)F)nn1-c1nccn1C. The van der Waals surface area contributed by atoms with Gasteiger partial charge in [-0.25, -0.2) is 9.67 Å². The summed E-state index contributed by atoms with van der Waals surface area (Å²) in [7, 11) is 1.71. The van der Waals surface area contributed by atoms with Gasteiger partial charge in [-0.2, -0.15) is 18.3 Å². The molecule has 4 nitrogen and oxygen atoms in total. The molecule has 0 unspecified atom stereocenters. The van der Waals surface area contributed by atoms with E-state index in [-0.39, 0.29) is 0 Å². The molecule has 7 heteroatoms. The molecule has 0 aromatic carbocycles. The molecule has 0 saturated heterocycles. The van der Waals surface area contributed by atoms with E-state index in [0.29, 0.717) is 18.1 Å². The normalized spacial score (nSPS) is 12.1. The summed E-state index contributed by atoms with van der Waals surface area (Å²) >= 11 is 0. The number of hydrogen-bond donors (Lipinski definition) is 0. The second-order valence-electron chi connectivity index (χ2n) is 3.62. The number of aryl methyl sites for hydroxylation is 2. The Kier molecular flexibility index (Phi) is 2.68. The van der Waals surface area contributed by atoms with Crippen molar-refractivity contribution >= 4 is 0 Å². The van der Waals surface area contributed by atoms with E-state index in [9.17, 15) is 13.2 Å². The Morgan fingerprint density at radius 3 is 2.53 bits per heavy atom. The largest absolute Gasteiger partial charge is 0.435 e. The van der Waals surface area contributed by atoms with Gasteiger partial charge >= 0.3 is 6.18 Å². The van der Waals surface area contributed by atoms with Crippen LogP contribution in [0.4, 0.5) is 13.2 Å². The summed E-state index contributed by atoms with van der Waals surface area (Å²) < 4.78 is 40.5. The molecular formula is C10H11F3N4. The molecule has 2 heterocycles. The van der Waals surface area contributed by atoms with Crippen molar-refractivity contribution in [3.63, 3.8) is 0 Å². The summed E-state index contributed by atoms with van der Waals surface area (Å²) in [6.45, 7) is 1.77. The summed E-state index contributed by atoms with van der Waals surface area (Å²) in [6, 6.07) is 1.05. The lowest BCUT2D eigenvalue weighted by Gasteiger charge is -2.04. The first-order valence-electron chi connectivity index (χ1n) is 5.07. The van der Waals surface area contributed by atoms with Crippen LogP contribution in [0.25, 0.3) is 5.95 Å². The quantitative estimate of drug-likeness (QED) is 0.811. The van der Waals surface area contributed by atoms with E-state index in [1.54, 1.807) is 24.7 Å². The number of aromatic nitrogens is 4. The van der Waals surface area contributed by atoms with Crippen LogP contribution >= 0.6 is 0 Å². The van der Waals surface area contributed by atoms with Gasteiger partial charge in [0.15, 0.2) is 5.69 Å². The first kappa shape index (κ1) is 11.7. The van der Waals surface area contributed by atoms with Gasteiger partial charge in [-0.3, -0.25) is 0 Å². The number of imidazole rings is 1. The first-order chi connectivity index (χ1) is 7.93. The molecule has 0 atom stereocenters. The van der Waals surface area contributed by atoms with Gasteiger partial charge in [-0.1, -0.05) is 6.92 Å². The minimum absolute atomic E-state index is 0.373. The fourth-order valence-electron chi connectivity index (χ4n) is 1.55. The van der Waals surface area contributed by atoms with Gasteiger partial charge in [-0.15, -0.1) is 0 Å². The highest BCUT2D eigenvalue weighted by Crippen LogP contribution is 2.29. The van der Waals surface area contributed by atoms with Crippen LogP contribution in [0.3, 0.4) is 0 Å². The van der Waals surface area contributed by atoms with Gasteiger partial charge < -0.3 is 4.57 Å². The lowest BCUT2D eigenvalue weighted by atomic mass is 10.3. The topological polar surface area (TPSA) is 35.6 Å². The fourth-order valence-corrected chi connectivity index (χ4v) is 1.55. The van der Waals surface area contributed by atoms with Crippen molar-refractivity contribution in [3.8, 4) is 5.95 Å². The number of hydrogen-bond acceptors (Lipinski definition) is 2. The Morgan fingerprint density at radius 2 is 2.06 bits per heavy atom. The molecule has 0 radical (unpaired) electrons. The number of alkyl halides is 3. The predicted octanol–water partition coefficient (Wildman–Crippen LogP) is 2.19. The molecule has 0 spiro atoms. The van der Waals surface area contributed by atoms with Gasteiger partial charge in [0.25, 0.3) is 0 Å². The molecule has 92 valence electrons. The van der Waals surface area contributed by atoms with Gasteiger partial charge in [0.2, 0.25) is 5.95 Å². The zero-order valence-electron chi connectivity index (χ0n) is 9.36. The summed E-state index contributed by atoms with van der Waals surface area (Å²) in [4.78, 5) is 3.99. The highest BCUT2D eigenvalue weighted by atomic mass is 19.4. The highest BCUT2D eigenvalue weighted by molar-refractivity contribution is 5.22. The highest BCUT2D eigenvalue weighted by Gasteiger charge is 2.35. The molecule has 0 aliphatic heterocycles. The maximum atomic E-state index is 12.6. The van der Waals surface area contributed by atoms with Gasteiger partial charge in [-0.05, 0) is 12.5 Å². The van der Waals surface area contributed by atoms with E-state index in [1.165, 1.54) is 10.9 Å². The zero-order chi connectivity index (χ0) is 12.6. The standard InChI is InChI=1S/C10H11F3N4/c1-3-7-6-8(10(11,12)13)15-17(7)9-14-4-5-16(9)2/h4-6H,3H2,1-2H3.